The second kappa shape index (κ2) is 12.5. The van der Waals surface area contributed by atoms with Gasteiger partial charge in [0.15, 0.2) is 0 Å². The predicted molar refractivity (Wildman–Crippen MR) is 88.9 cm³/mol. The van der Waals surface area contributed by atoms with Crippen molar-refractivity contribution in [2.45, 2.75) is 64.7 Å². The monoisotopic (exact) mass is 281 g/mol. The van der Waals surface area contributed by atoms with Crippen LogP contribution in [0.5, 0.6) is 0 Å². The van der Waals surface area contributed by atoms with E-state index in [1.807, 2.05) is 0 Å². The van der Waals surface area contributed by atoms with Gasteiger partial charge in [0, 0.05) is 0 Å². The Morgan fingerprint density at radius 2 is 1.47 bits per heavy atom. The van der Waals surface area contributed by atoms with Crippen LogP contribution in [0, 0.1) is 12.8 Å². The van der Waals surface area contributed by atoms with Gasteiger partial charge < -0.3 is 0 Å². The van der Waals surface area contributed by atoms with Gasteiger partial charge in [-0.15, -0.1) is 12.4 Å². The first-order chi connectivity index (χ1) is 8.83. The summed E-state index contributed by atoms with van der Waals surface area (Å²) in [5.41, 5.74) is 1.43. The molecule has 19 heavy (non-hydrogen) atoms. The lowest BCUT2D eigenvalue weighted by atomic mass is 9.95. The zero-order valence-corrected chi connectivity index (χ0v) is 13.3. The van der Waals surface area contributed by atoms with Gasteiger partial charge in [-0.2, -0.15) is 0 Å². The number of rotatable bonds is 10. The van der Waals surface area contributed by atoms with Gasteiger partial charge in [0.2, 0.25) is 0 Å². The molecule has 109 valence electrons. The highest BCUT2D eigenvalue weighted by Crippen LogP contribution is 2.16. The molecular weight excluding hydrogens is 252 g/mol. The molecule has 0 aromatic heterocycles. The van der Waals surface area contributed by atoms with Crippen molar-refractivity contribution in [3.63, 3.8) is 0 Å². The van der Waals surface area contributed by atoms with Gasteiger partial charge in [-0.3, -0.25) is 0 Å². The maximum Gasteiger partial charge on any atom is -0.0250 e. The summed E-state index contributed by atoms with van der Waals surface area (Å²) in [4.78, 5) is 0. The van der Waals surface area contributed by atoms with Crippen molar-refractivity contribution in [2.24, 2.45) is 5.92 Å². The van der Waals surface area contributed by atoms with E-state index in [1.165, 1.54) is 56.9 Å². The van der Waals surface area contributed by atoms with E-state index in [1.54, 1.807) is 0 Å². The second-order valence-electron chi connectivity index (χ2n) is 5.47. The molecule has 0 fully saturated rings. The molecule has 0 saturated carbocycles. The Hall–Kier alpha value is -0.490. The molecule has 0 aliphatic heterocycles. The Morgan fingerprint density at radius 1 is 0.895 bits per heavy atom. The minimum absolute atomic E-state index is 0. The summed E-state index contributed by atoms with van der Waals surface area (Å²) in [6.45, 7) is 6.56. The standard InChI is InChI=1S/C18H29.ClH/c1-3-4-5-6-7-8-10-13-17(2)16-18-14-11-9-12-15-18;/h9,11-12,14-15,17H,2-8,10,13,16H2,1H3;1H. The van der Waals surface area contributed by atoms with E-state index in [-0.39, 0.29) is 12.4 Å². The third-order valence-electron chi connectivity index (χ3n) is 3.58. The van der Waals surface area contributed by atoms with E-state index < -0.39 is 0 Å². The molecule has 0 bridgehead atoms. The normalized spacial score (nSPS) is 11.9. The van der Waals surface area contributed by atoms with E-state index in [2.05, 4.69) is 44.2 Å². The van der Waals surface area contributed by atoms with Gasteiger partial charge >= 0.3 is 0 Å². The molecule has 1 heteroatoms. The number of hydrogen-bond donors (Lipinski definition) is 0. The molecule has 1 aromatic rings. The third kappa shape index (κ3) is 10.0. The summed E-state index contributed by atoms with van der Waals surface area (Å²) in [6, 6.07) is 10.7. The van der Waals surface area contributed by atoms with Crippen LogP contribution >= 0.6 is 12.4 Å². The first-order valence-corrected chi connectivity index (χ1v) is 7.70. The fourth-order valence-corrected chi connectivity index (χ4v) is 2.44. The molecule has 1 unspecified atom stereocenters. The predicted octanol–water partition coefficient (Wildman–Crippen LogP) is 6.24. The van der Waals surface area contributed by atoms with Crippen molar-refractivity contribution in [3.8, 4) is 0 Å². The molecule has 1 rings (SSSR count). The van der Waals surface area contributed by atoms with E-state index in [9.17, 15) is 0 Å². The van der Waals surface area contributed by atoms with Crippen LogP contribution in [-0.2, 0) is 6.42 Å². The molecule has 1 radical (unpaired) electrons. The highest BCUT2D eigenvalue weighted by atomic mass is 35.5. The molecule has 1 aromatic carbocycles. The van der Waals surface area contributed by atoms with Crippen molar-refractivity contribution >= 4 is 12.4 Å². The summed E-state index contributed by atoms with van der Waals surface area (Å²) in [7, 11) is 0. The van der Waals surface area contributed by atoms with Crippen LogP contribution in [-0.4, -0.2) is 0 Å². The van der Waals surface area contributed by atoms with E-state index in [4.69, 9.17) is 0 Å². The van der Waals surface area contributed by atoms with Crippen LogP contribution in [0.15, 0.2) is 30.3 Å². The third-order valence-corrected chi connectivity index (χ3v) is 3.58. The number of benzene rings is 1. The summed E-state index contributed by atoms with van der Waals surface area (Å²) in [5.74, 6) is 0.586. The van der Waals surface area contributed by atoms with E-state index in [0.717, 1.165) is 6.42 Å². The van der Waals surface area contributed by atoms with Gasteiger partial charge in [-0.25, -0.2) is 0 Å². The smallest absolute Gasteiger partial charge is 0.0250 e. The topological polar surface area (TPSA) is 0 Å². The largest absolute Gasteiger partial charge is 0.147 e. The Labute approximate surface area is 126 Å². The van der Waals surface area contributed by atoms with E-state index in [0.29, 0.717) is 5.92 Å². The van der Waals surface area contributed by atoms with Crippen LogP contribution in [0.3, 0.4) is 0 Å². The number of halogens is 1. The van der Waals surface area contributed by atoms with Gasteiger partial charge in [-0.05, 0) is 24.8 Å². The average Bonchev–Trinajstić information content (AvgIpc) is 2.39. The minimum Gasteiger partial charge on any atom is -0.147 e. The number of unbranched alkanes of at least 4 members (excludes halogenated alkanes) is 6. The Kier molecular flexibility index (Phi) is 12.2. The lowest BCUT2D eigenvalue weighted by molar-refractivity contribution is 0.511. The fourth-order valence-electron chi connectivity index (χ4n) is 2.44. The average molecular weight is 282 g/mol. The lowest BCUT2D eigenvalue weighted by Gasteiger charge is -2.11. The first-order valence-electron chi connectivity index (χ1n) is 7.70. The van der Waals surface area contributed by atoms with Crippen molar-refractivity contribution in [1.82, 2.24) is 0 Å². The first kappa shape index (κ1) is 18.5. The fraction of sp³-hybridized carbons (Fsp3) is 0.611. The molecule has 0 N–H and O–H groups in total. The quantitative estimate of drug-likeness (QED) is 0.445. The van der Waals surface area contributed by atoms with Crippen LogP contribution in [0.25, 0.3) is 0 Å². The molecular formula is C18H30Cl. The molecule has 0 heterocycles. The van der Waals surface area contributed by atoms with E-state index >= 15 is 0 Å². The Balaban J connectivity index is 0.00000324. The maximum atomic E-state index is 4.28. The van der Waals surface area contributed by atoms with Gasteiger partial charge in [0.05, 0.1) is 0 Å². The molecule has 0 amide bonds. The van der Waals surface area contributed by atoms with Gasteiger partial charge in [-0.1, -0.05) is 88.6 Å². The molecule has 0 nitrogen and oxygen atoms in total. The SMILES string of the molecule is Cl.[CH2]C(CCCCCCCCC)Cc1ccccc1. The van der Waals surface area contributed by atoms with Crippen LogP contribution in [0.1, 0.15) is 63.9 Å². The van der Waals surface area contributed by atoms with Crippen LogP contribution in [0.2, 0.25) is 0 Å². The molecule has 0 saturated heterocycles. The lowest BCUT2D eigenvalue weighted by Crippen LogP contribution is -2.00. The maximum absolute atomic E-state index is 4.28. The number of hydrogen-bond acceptors (Lipinski definition) is 0. The van der Waals surface area contributed by atoms with Crippen LogP contribution < -0.4 is 0 Å². The zero-order chi connectivity index (χ0) is 13.1. The second-order valence-corrected chi connectivity index (χ2v) is 5.47. The van der Waals surface area contributed by atoms with Gasteiger partial charge in [0.25, 0.3) is 0 Å². The minimum atomic E-state index is 0. The van der Waals surface area contributed by atoms with Crippen molar-refractivity contribution in [2.75, 3.05) is 0 Å². The molecule has 1 atom stereocenters. The Bertz CT molecular complexity index is 281. The molecule has 0 spiro atoms. The highest BCUT2D eigenvalue weighted by Gasteiger charge is 2.03. The van der Waals surface area contributed by atoms with Gasteiger partial charge in [0.1, 0.15) is 0 Å². The molecule has 0 aliphatic rings. The Morgan fingerprint density at radius 3 is 2.11 bits per heavy atom. The van der Waals surface area contributed by atoms with Crippen LogP contribution in [0.4, 0.5) is 0 Å². The van der Waals surface area contributed by atoms with Crippen molar-refractivity contribution in [1.29, 1.82) is 0 Å². The zero-order valence-electron chi connectivity index (χ0n) is 12.4. The summed E-state index contributed by atoms with van der Waals surface area (Å²) >= 11 is 0. The van der Waals surface area contributed by atoms with Crippen molar-refractivity contribution in [3.05, 3.63) is 42.8 Å². The molecule has 0 aliphatic carbocycles. The summed E-state index contributed by atoms with van der Waals surface area (Å²) < 4.78 is 0. The van der Waals surface area contributed by atoms with Crippen molar-refractivity contribution < 1.29 is 0 Å². The highest BCUT2D eigenvalue weighted by molar-refractivity contribution is 5.85. The summed E-state index contributed by atoms with van der Waals surface area (Å²) in [6.07, 6.45) is 12.2. The summed E-state index contributed by atoms with van der Waals surface area (Å²) in [5, 5.41) is 0.